The lowest BCUT2D eigenvalue weighted by atomic mass is 9.91. The van der Waals surface area contributed by atoms with E-state index < -0.39 is 7.59 Å². The van der Waals surface area contributed by atoms with E-state index >= 15 is 0 Å². The average Bonchev–Trinajstić information content (AvgIpc) is 2.71. The molecule has 1 aromatic rings. The largest absolute Gasteiger partial charge is 0.497 e. The summed E-state index contributed by atoms with van der Waals surface area (Å²) in [6.45, 7) is 0. The molecule has 0 unspecified atom stereocenters. The predicted octanol–water partition coefficient (Wildman–Crippen LogP) is 3.40. The van der Waals surface area contributed by atoms with Gasteiger partial charge in [-0.2, -0.15) is 0 Å². The van der Waals surface area contributed by atoms with Crippen LogP contribution in [0.4, 0.5) is 5.69 Å². The molecule has 0 radical (unpaired) electrons. The number of methoxy groups -OCH3 is 1. The molecular weight excluding hydrogens is 285 g/mol. The number of benzene rings is 1. The zero-order valence-corrected chi connectivity index (χ0v) is 13.8. The number of hydrogen-bond acceptors (Lipinski definition) is 2. The van der Waals surface area contributed by atoms with E-state index in [0.29, 0.717) is 12.1 Å². The fraction of sp³-hybridized carbons (Fsp3) is 0.600. The van der Waals surface area contributed by atoms with Gasteiger partial charge in [0.05, 0.1) is 7.11 Å². The van der Waals surface area contributed by atoms with Crippen LogP contribution in [0.3, 0.4) is 0 Å². The van der Waals surface area contributed by atoms with E-state index in [1.165, 1.54) is 12.8 Å². The van der Waals surface area contributed by atoms with E-state index in [4.69, 9.17) is 4.74 Å². The highest BCUT2D eigenvalue weighted by Crippen LogP contribution is 2.61. The second kappa shape index (κ2) is 5.64. The maximum absolute atomic E-state index is 13.5. The van der Waals surface area contributed by atoms with E-state index in [-0.39, 0.29) is 0 Å². The van der Waals surface area contributed by atoms with E-state index in [0.717, 1.165) is 24.3 Å². The third-order valence-electron chi connectivity index (χ3n) is 4.87. The molecule has 2 atom stereocenters. The average molecular weight is 309 g/mol. The van der Waals surface area contributed by atoms with E-state index in [9.17, 15) is 4.57 Å². The number of nitrogens with zero attached hydrogens (tertiary/aromatic N) is 2. The van der Waals surface area contributed by atoms with E-state index in [1.54, 1.807) is 7.11 Å². The van der Waals surface area contributed by atoms with Gasteiger partial charge in [-0.1, -0.05) is 12.8 Å². The van der Waals surface area contributed by atoms with E-state index in [1.807, 2.05) is 38.4 Å². The Bertz CT molecular complexity index is 526. The quantitative estimate of drug-likeness (QED) is 0.867. The second-order valence-corrected chi connectivity index (χ2v) is 8.52. The Morgan fingerprint density at radius 3 is 2.10 bits per heavy atom. The van der Waals surface area contributed by atoms with Crippen molar-refractivity contribution in [1.29, 1.82) is 0 Å². The first kappa shape index (κ1) is 14.9. The topological polar surface area (TPSA) is 44.8 Å². The Kier molecular flexibility index (Phi) is 4.00. The number of ether oxygens (including phenoxy) is 1. The summed E-state index contributed by atoms with van der Waals surface area (Å²) in [7, 11) is 2.90. The zero-order valence-electron chi connectivity index (χ0n) is 13.0. The van der Waals surface area contributed by atoms with Gasteiger partial charge in [-0.15, -0.1) is 0 Å². The summed E-state index contributed by atoms with van der Waals surface area (Å²) in [5, 5.41) is 3.28. The molecule has 0 bridgehead atoms. The van der Waals surface area contributed by atoms with Crippen molar-refractivity contribution in [3.63, 3.8) is 0 Å². The molecule has 1 saturated carbocycles. The van der Waals surface area contributed by atoms with Gasteiger partial charge in [-0.05, 0) is 51.2 Å². The standard InChI is InChI=1S/C15H24N3O2P/c1-17-14-6-4-5-7-15(14)18(2)21(17,19)16-12-8-10-13(20-3)11-9-12/h8-11,14-15H,4-7H2,1-3H3,(H,16,19)/t14-,15-/m1/s1. The predicted molar refractivity (Wildman–Crippen MR) is 85.8 cm³/mol. The first-order valence-corrected chi connectivity index (χ1v) is 9.16. The molecule has 3 rings (SSSR count). The summed E-state index contributed by atoms with van der Waals surface area (Å²) < 4.78 is 22.8. The normalized spacial score (nSPS) is 29.1. The van der Waals surface area contributed by atoms with Crippen LogP contribution in [0.5, 0.6) is 5.75 Å². The van der Waals surface area contributed by atoms with Gasteiger partial charge in [-0.3, -0.25) is 4.57 Å². The summed E-state index contributed by atoms with van der Waals surface area (Å²) in [4.78, 5) is 0. The molecule has 0 amide bonds. The number of nitrogens with one attached hydrogen (secondary N) is 1. The van der Waals surface area contributed by atoms with Crippen LogP contribution in [0.15, 0.2) is 24.3 Å². The monoisotopic (exact) mass is 309 g/mol. The van der Waals surface area contributed by atoms with Crippen molar-refractivity contribution >= 4 is 13.3 Å². The number of fused-ring (bicyclic) bond motifs is 1. The summed E-state index contributed by atoms with van der Waals surface area (Å²) in [6, 6.07) is 8.42. The summed E-state index contributed by atoms with van der Waals surface area (Å²) >= 11 is 0. The molecule has 116 valence electrons. The minimum absolute atomic E-state index is 0.403. The number of anilines is 1. The minimum Gasteiger partial charge on any atom is -0.497 e. The lowest BCUT2D eigenvalue weighted by Crippen LogP contribution is -2.37. The molecule has 21 heavy (non-hydrogen) atoms. The van der Waals surface area contributed by atoms with Gasteiger partial charge < -0.3 is 9.82 Å². The summed E-state index contributed by atoms with van der Waals surface area (Å²) in [5.41, 5.74) is 0.872. The Morgan fingerprint density at radius 1 is 1.10 bits per heavy atom. The SMILES string of the molecule is COc1ccc(NP2(=O)N(C)[C@@H]3CCCC[C@H]3N2C)cc1. The van der Waals surface area contributed by atoms with Gasteiger partial charge in [0.25, 0.3) is 0 Å². The van der Waals surface area contributed by atoms with Crippen LogP contribution in [0, 0.1) is 0 Å². The van der Waals surface area contributed by atoms with Crippen molar-refractivity contribution in [2.75, 3.05) is 26.3 Å². The Balaban J connectivity index is 1.83. The molecule has 0 spiro atoms. The lowest BCUT2D eigenvalue weighted by molar-refractivity contribution is 0.233. The fourth-order valence-electron chi connectivity index (χ4n) is 3.58. The van der Waals surface area contributed by atoms with Crippen molar-refractivity contribution < 1.29 is 9.30 Å². The molecule has 0 aromatic heterocycles. The van der Waals surface area contributed by atoms with Crippen molar-refractivity contribution in [2.45, 2.75) is 37.8 Å². The Labute approximate surface area is 126 Å². The molecule has 2 fully saturated rings. The van der Waals surface area contributed by atoms with Gasteiger partial charge >= 0.3 is 7.59 Å². The van der Waals surface area contributed by atoms with Crippen molar-refractivity contribution in [3.05, 3.63) is 24.3 Å². The molecule has 5 nitrogen and oxygen atoms in total. The van der Waals surface area contributed by atoms with Crippen molar-refractivity contribution in [3.8, 4) is 5.75 Å². The first-order chi connectivity index (χ1) is 10.1. The second-order valence-electron chi connectivity index (χ2n) is 5.95. The zero-order chi connectivity index (χ0) is 15.0. The molecule has 6 heteroatoms. The summed E-state index contributed by atoms with van der Waals surface area (Å²) in [6.07, 6.45) is 4.75. The molecule has 1 N–H and O–H groups in total. The third kappa shape index (κ3) is 2.48. The summed E-state index contributed by atoms with van der Waals surface area (Å²) in [5.74, 6) is 0.806. The van der Waals surface area contributed by atoms with Crippen molar-refractivity contribution in [2.24, 2.45) is 0 Å². The number of rotatable bonds is 3. The third-order valence-corrected chi connectivity index (χ3v) is 7.73. The maximum Gasteiger partial charge on any atom is 0.308 e. The van der Waals surface area contributed by atoms with Crippen LogP contribution in [0.2, 0.25) is 0 Å². The Morgan fingerprint density at radius 2 is 1.62 bits per heavy atom. The van der Waals surface area contributed by atoms with Crippen LogP contribution in [0.1, 0.15) is 25.7 Å². The number of likely N-dealkylation sites (N-methyl/N-ethyl adjacent to an activating group) is 2. The van der Waals surface area contributed by atoms with Crippen LogP contribution in [-0.2, 0) is 4.57 Å². The van der Waals surface area contributed by atoms with Gasteiger partial charge in [-0.25, -0.2) is 9.34 Å². The highest BCUT2D eigenvalue weighted by Gasteiger charge is 2.51. The highest BCUT2D eigenvalue weighted by atomic mass is 31.2. The minimum atomic E-state index is -2.73. The molecule has 2 aliphatic rings. The molecule has 1 heterocycles. The molecule has 1 saturated heterocycles. The van der Waals surface area contributed by atoms with Gasteiger partial charge in [0.1, 0.15) is 5.75 Å². The van der Waals surface area contributed by atoms with Crippen LogP contribution in [0.25, 0.3) is 0 Å². The highest BCUT2D eigenvalue weighted by molar-refractivity contribution is 7.60. The molecule has 1 aliphatic carbocycles. The molecule has 1 aliphatic heterocycles. The van der Waals surface area contributed by atoms with Gasteiger partial charge in [0.2, 0.25) is 0 Å². The first-order valence-electron chi connectivity index (χ1n) is 7.55. The van der Waals surface area contributed by atoms with Crippen molar-refractivity contribution in [1.82, 2.24) is 9.34 Å². The van der Waals surface area contributed by atoms with Crippen LogP contribution in [-0.4, -0.2) is 42.6 Å². The van der Waals surface area contributed by atoms with E-state index in [2.05, 4.69) is 14.4 Å². The van der Waals surface area contributed by atoms with Crippen LogP contribution >= 0.6 is 7.59 Å². The van der Waals surface area contributed by atoms with Crippen LogP contribution < -0.4 is 9.82 Å². The maximum atomic E-state index is 13.5. The smallest absolute Gasteiger partial charge is 0.308 e. The van der Waals surface area contributed by atoms with Gasteiger partial charge in [0, 0.05) is 17.8 Å². The number of hydrogen-bond donors (Lipinski definition) is 1. The lowest BCUT2D eigenvalue weighted by Gasteiger charge is -2.28. The fourth-order valence-corrected chi connectivity index (χ4v) is 6.17. The molecular formula is C15H24N3O2P. The Hall–Kier alpha value is -1.03. The van der Waals surface area contributed by atoms with Gasteiger partial charge in [0.15, 0.2) is 0 Å². The molecule has 1 aromatic carbocycles.